The van der Waals surface area contributed by atoms with Gasteiger partial charge in [0.2, 0.25) is 0 Å². The van der Waals surface area contributed by atoms with Gasteiger partial charge in [-0.3, -0.25) is 4.90 Å². The van der Waals surface area contributed by atoms with Gasteiger partial charge < -0.3 is 9.84 Å². The molecule has 0 amide bonds. The van der Waals surface area contributed by atoms with E-state index in [1.165, 1.54) is 11.1 Å². The topological polar surface area (TPSA) is 32.7 Å². The van der Waals surface area contributed by atoms with Crippen LogP contribution in [-0.4, -0.2) is 49.5 Å². The predicted octanol–water partition coefficient (Wildman–Crippen LogP) is 1.49. The van der Waals surface area contributed by atoms with Gasteiger partial charge in [-0.1, -0.05) is 24.3 Å². The summed E-state index contributed by atoms with van der Waals surface area (Å²) in [5.41, 5.74) is 2.72. The molecule has 1 fully saturated rings. The van der Waals surface area contributed by atoms with Crippen LogP contribution < -0.4 is 0 Å². The van der Waals surface area contributed by atoms with Gasteiger partial charge in [-0.2, -0.15) is 0 Å². The van der Waals surface area contributed by atoms with Crippen LogP contribution in [0.3, 0.4) is 0 Å². The maximum atomic E-state index is 8.79. The molecule has 0 aromatic heterocycles. The van der Waals surface area contributed by atoms with Gasteiger partial charge in [0.25, 0.3) is 0 Å². The van der Waals surface area contributed by atoms with Crippen molar-refractivity contribution < 1.29 is 9.84 Å². The summed E-state index contributed by atoms with van der Waals surface area (Å²) >= 11 is 0. The maximum Gasteiger partial charge on any atom is 0.0594 e. The molecular weight excluding hydrogens is 226 g/mol. The van der Waals surface area contributed by atoms with E-state index in [9.17, 15) is 0 Å². The number of aliphatic hydroxyl groups is 1. The molecule has 0 bridgehead atoms. The Labute approximate surface area is 109 Å². The lowest BCUT2D eigenvalue weighted by atomic mass is 10.1. The fourth-order valence-electron chi connectivity index (χ4n) is 2.27. The van der Waals surface area contributed by atoms with Crippen LogP contribution in [0.1, 0.15) is 17.5 Å². The van der Waals surface area contributed by atoms with Gasteiger partial charge in [0.1, 0.15) is 0 Å². The quantitative estimate of drug-likeness (QED) is 0.829. The third-order valence-corrected chi connectivity index (χ3v) is 3.47. The van der Waals surface area contributed by atoms with Crippen molar-refractivity contribution in [2.45, 2.75) is 19.3 Å². The summed E-state index contributed by atoms with van der Waals surface area (Å²) in [7, 11) is 0. The predicted molar refractivity (Wildman–Crippen MR) is 72.8 cm³/mol. The SMILES string of the molecule is OCCCc1ccc(CCN2CCOCC2)cc1. The van der Waals surface area contributed by atoms with E-state index in [2.05, 4.69) is 29.2 Å². The van der Waals surface area contributed by atoms with E-state index in [0.29, 0.717) is 0 Å². The normalized spacial score (nSPS) is 16.9. The van der Waals surface area contributed by atoms with Crippen molar-refractivity contribution in [3.8, 4) is 0 Å². The van der Waals surface area contributed by atoms with Gasteiger partial charge in [0.15, 0.2) is 0 Å². The van der Waals surface area contributed by atoms with Crippen molar-refractivity contribution >= 4 is 0 Å². The number of morpholine rings is 1. The fraction of sp³-hybridized carbons (Fsp3) is 0.600. The highest BCUT2D eigenvalue weighted by molar-refractivity contribution is 5.22. The van der Waals surface area contributed by atoms with Crippen molar-refractivity contribution in [1.82, 2.24) is 4.90 Å². The van der Waals surface area contributed by atoms with E-state index >= 15 is 0 Å². The lowest BCUT2D eigenvalue weighted by Gasteiger charge is -2.26. The number of hydrogen-bond acceptors (Lipinski definition) is 3. The van der Waals surface area contributed by atoms with Crippen molar-refractivity contribution in [3.05, 3.63) is 35.4 Å². The molecule has 18 heavy (non-hydrogen) atoms. The number of aliphatic hydroxyl groups excluding tert-OH is 1. The molecule has 1 aromatic rings. The molecule has 3 heteroatoms. The monoisotopic (exact) mass is 249 g/mol. The van der Waals surface area contributed by atoms with E-state index in [1.807, 2.05) is 0 Å². The average Bonchev–Trinajstić information content (AvgIpc) is 2.45. The molecule has 0 spiro atoms. The second-order valence-electron chi connectivity index (χ2n) is 4.85. The molecule has 1 N–H and O–H groups in total. The number of nitrogens with zero attached hydrogens (tertiary/aromatic N) is 1. The minimum Gasteiger partial charge on any atom is -0.396 e. The Balaban J connectivity index is 1.75. The van der Waals surface area contributed by atoms with Crippen LogP contribution in [0.5, 0.6) is 0 Å². The van der Waals surface area contributed by atoms with E-state index < -0.39 is 0 Å². The Morgan fingerprint density at radius 1 is 1.00 bits per heavy atom. The van der Waals surface area contributed by atoms with Crippen LogP contribution in [0, 0.1) is 0 Å². The first-order chi connectivity index (χ1) is 8.88. The average molecular weight is 249 g/mol. The largest absolute Gasteiger partial charge is 0.396 e. The number of rotatable bonds is 6. The van der Waals surface area contributed by atoms with Crippen LogP contribution in [0.15, 0.2) is 24.3 Å². The molecule has 1 aliphatic rings. The van der Waals surface area contributed by atoms with Gasteiger partial charge >= 0.3 is 0 Å². The molecule has 0 aliphatic carbocycles. The zero-order valence-electron chi connectivity index (χ0n) is 11.0. The van der Waals surface area contributed by atoms with Crippen molar-refractivity contribution in [2.75, 3.05) is 39.5 Å². The molecule has 0 radical (unpaired) electrons. The van der Waals surface area contributed by atoms with Gasteiger partial charge in [0, 0.05) is 26.2 Å². The van der Waals surface area contributed by atoms with E-state index in [-0.39, 0.29) is 6.61 Å². The first-order valence-electron chi connectivity index (χ1n) is 6.87. The summed E-state index contributed by atoms with van der Waals surface area (Å²) in [5, 5.41) is 8.79. The minimum absolute atomic E-state index is 0.277. The Hall–Kier alpha value is -0.900. The number of ether oxygens (including phenoxy) is 1. The molecule has 100 valence electrons. The molecule has 0 saturated carbocycles. The Bertz CT molecular complexity index is 331. The van der Waals surface area contributed by atoms with Crippen LogP contribution in [0.4, 0.5) is 0 Å². The summed E-state index contributed by atoms with van der Waals surface area (Å²) in [5.74, 6) is 0. The molecule has 1 saturated heterocycles. The molecule has 1 heterocycles. The first kappa shape index (κ1) is 13.5. The third kappa shape index (κ3) is 4.41. The highest BCUT2D eigenvalue weighted by Crippen LogP contribution is 2.08. The van der Waals surface area contributed by atoms with Crippen molar-refractivity contribution in [3.63, 3.8) is 0 Å². The van der Waals surface area contributed by atoms with Gasteiger partial charge in [-0.15, -0.1) is 0 Å². The highest BCUT2D eigenvalue weighted by Gasteiger charge is 2.09. The molecule has 1 aliphatic heterocycles. The maximum absolute atomic E-state index is 8.79. The first-order valence-corrected chi connectivity index (χ1v) is 6.87. The lowest BCUT2D eigenvalue weighted by Crippen LogP contribution is -2.37. The Morgan fingerprint density at radius 2 is 1.61 bits per heavy atom. The third-order valence-electron chi connectivity index (χ3n) is 3.47. The number of benzene rings is 1. The highest BCUT2D eigenvalue weighted by atomic mass is 16.5. The smallest absolute Gasteiger partial charge is 0.0594 e. The van der Waals surface area contributed by atoms with E-state index in [4.69, 9.17) is 9.84 Å². The molecule has 0 unspecified atom stereocenters. The minimum atomic E-state index is 0.277. The summed E-state index contributed by atoms with van der Waals surface area (Å²) in [6.07, 6.45) is 2.94. The Kier molecular flexibility index (Phi) is 5.65. The Morgan fingerprint density at radius 3 is 2.22 bits per heavy atom. The zero-order chi connectivity index (χ0) is 12.6. The fourth-order valence-corrected chi connectivity index (χ4v) is 2.27. The van der Waals surface area contributed by atoms with Crippen LogP contribution in [0.2, 0.25) is 0 Å². The second kappa shape index (κ2) is 7.52. The summed E-state index contributed by atoms with van der Waals surface area (Å²) in [6.45, 7) is 5.28. The summed E-state index contributed by atoms with van der Waals surface area (Å²) < 4.78 is 5.34. The summed E-state index contributed by atoms with van der Waals surface area (Å²) in [4.78, 5) is 2.46. The molecule has 0 atom stereocenters. The lowest BCUT2D eigenvalue weighted by molar-refractivity contribution is 0.0384. The van der Waals surface area contributed by atoms with Gasteiger partial charge in [-0.25, -0.2) is 0 Å². The van der Waals surface area contributed by atoms with E-state index in [0.717, 1.165) is 52.1 Å². The van der Waals surface area contributed by atoms with Crippen molar-refractivity contribution in [2.24, 2.45) is 0 Å². The second-order valence-corrected chi connectivity index (χ2v) is 4.85. The summed E-state index contributed by atoms with van der Waals surface area (Å²) in [6, 6.07) is 8.80. The molecule has 2 rings (SSSR count). The van der Waals surface area contributed by atoms with Crippen LogP contribution in [0.25, 0.3) is 0 Å². The van der Waals surface area contributed by atoms with Gasteiger partial charge in [-0.05, 0) is 30.4 Å². The van der Waals surface area contributed by atoms with Crippen molar-refractivity contribution in [1.29, 1.82) is 0 Å². The number of hydrogen-bond donors (Lipinski definition) is 1. The van der Waals surface area contributed by atoms with Gasteiger partial charge in [0.05, 0.1) is 13.2 Å². The molecule has 1 aromatic carbocycles. The number of aryl methyl sites for hydroxylation is 1. The van der Waals surface area contributed by atoms with Crippen LogP contribution >= 0.6 is 0 Å². The molecular formula is C15H23NO2. The van der Waals surface area contributed by atoms with Crippen LogP contribution in [-0.2, 0) is 17.6 Å². The standard InChI is InChI=1S/C15H23NO2/c17-11-1-2-14-3-5-15(6-4-14)7-8-16-9-12-18-13-10-16/h3-6,17H,1-2,7-13H2. The van der Waals surface area contributed by atoms with E-state index in [1.54, 1.807) is 0 Å². The molecule has 3 nitrogen and oxygen atoms in total. The zero-order valence-corrected chi connectivity index (χ0v) is 11.0.